The molecule has 1 N–H and O–H groups in total. The lowest BCUT2D eigenvalue weighted by molar-refractivity contribution is -0.141. The molecular formula is C43H51F3N4O3. The average Bonchev–Trinajstić information content (AvgIpc) is 3.66. The SMILES string of the molecule is C=C(/N=C\C=C(/C)N/C(C)=C(/C(=O)OCCN1CCN(C(c2ccccc2)c2ccccc2)CC1)[C@@H](C)c1ccccc1C(F)(F)F)OC1CCCC1. The van der Waals surface area contributed by atoms with Gasteiger partial charge in [-0.2, -0.15) is 13.2 Å². The third-order valence-corrected chi connectivity index (χ3v) is 9.97. The van der Waals surface area contributed by atoms with Crippen LogP contribution in [0, 0.1) is 0 Å². The summed E-state index contributed by atoms with van der Waals surface area (Å²) in [5.41, 5.74) is 2.84. The first-order chi connectivity index (χ1) is 25.5. The number of nitrogens with one attached hydrogen (secondary N) is 1. The fraction of sp³-hybridized carbons (Fsp3) is 0.395. The zero-order valence-corrected chi connectivity index (χ0v) is 30.9. The van der Waals surface area contributed by atoms with E-state index in [9.17, 15) is 18.0 Å². The number of alkyl halides is 3. The van der Waals surface area contributed by atoms with Crippen molar-refractivity contribution in [1.29, 1.82) is 0 Å². The van der Waals surface area contributed by atoms with Crippen LogP contribution in [0.25, 0.3) is 0 Å². The molecule has 0 aromatic heterocycles. The molecule has 5 rings (SSSR count). The van der Waals surface area contributed by atoms with E-state index in [2.05, 4.69) is 75.2 Å². The number of piperazine rings is 1. The fourth-order valence-electron chi connectivity index (χ4n) is 7.28. The summed E-state index contributed by atoms with van der Waals surface area (Å²) in [4.78, 5) is 22.8. The first kappa shape index (κ1) is 39.5. The summed E-state index contributed by atoms with van der Waals surface area (Å²) >= 11 is 0. The lowest BCUT2D eigenvalue weighted by Gasteiger charge is -2.39. The molecule has 0 amide bonds. The van der Waals surface area contributed by atoms with Crippen LogP contribution in [0.1, 0.15) is 80.7 Å². The second-order valence-corrected chi connectivity index (χ2v) is 13.8. The van der Waals surface area contributed by atoms with Crippen LogP contribution in [-0.4, -0.2) is 67.4 Å². The van der Waals surface area contributed by atoms with Crippen LogP contribution in [0.3, 0.4) is 0 Å². The molecule has 0 radical (unpaired) electrons. The zero-order chi connectivity index (χ0) is 37.8. The average molecular weight is 729 g/mol. The number of rotatable bonds is 15. The molecule has 1 aliphatic carbocycles. The van der Waals surface area contributed by atoms with Crippen LogP contribution in [0.4, 0.5) is 13.2 Å². The largest absolute Gasteiger partial charge is 0.475 e. The predicted molar refractivity (Wildman–Crippen MR) is 204 cm³/mol. The lowest BCUT2D eigenvalue weighted by Crippen LogP contribution is -2.48. The number of halogens is 3. The second kappa shape index (κ2) is 18.9. The number of nitrogens with zero attached hydrogens (tertiary/aromatic N) is 3. The molecule has 1 atom stereocenters. The van der Waals surface area contributed by atoms with Gasteiger partial charge in [0.1, 0.15) is 12.7 Å². The standard InChI is InChI=1S/C43H51F3N4O3/c1-31(23-24-47-34(4)53-37-19-11-12-20-37)48-33(3)40(32(2)38-21-13-14-22-39(38)43(44,45)46)42(51)52-30-29-49-25-27-50(28-26-49)41(35-15-7-5-8-16-35)36-17-9-6-10-18-36/h5-10,13-18,21-24,32,37,41,48H,4,11-12,19-20,25-30H2,1-3H3/b31-23+,40-33+,47-24-/t32-/m0/s1. The summed E-state index contributed by atoms with van der Waals surface area (Å²) in [6, 6.07) is 26.4. The van der Waals surface area contributed by atoms with Gasteiger partial charge in [0.15, 0.2) is 0 Å². The number of carbonyl (C=O) groups excluding carboxylic acids is 1. The molecule has 3 aromatic carbocycles. The van der Waals surface area contributed by atoms with E-state index in [1.165, 1.54) is 23.3 Å². The molecule has 0 unspecified atom stereocenters. The summed E-state index contributed by atoms with van der Waals surface area (Å²) in [5, 5.41) is 3.18. The Bertz CT molecular complexity index is 1700. The highest BCUT2D eigenvalue weighted by Gasteiger charge is 2.36. The van der Waals surface area contributed by atoms with Crippen molar-refractivity contribution in [2.45, 2.75) is 70.7 Å². The monoisotopic (exact) mass is 728 g/mol. The molecule has 0 spiro atoms. The quantitative estimate of drug-likeness (QED) is 0.0730. The molecule has 1 saturated carbocycles. The minimum Gasteiger partial charge on any atom is -0.475 e. The number of ether oxygens (including phenoxy) is 2. The molecule has 1 saturated heterocycles. The number of esters is 1. The maximum Gasteiger partial charge on any atom is 0.416 e. The van der Waals surface area contributed by atoms with Gasteiger partial charge < -0.3 is 14.8 Å². The number of allylic oxidation sites excluding steroid dienone is 3. The van der Waals surface area contributed by atoms with E-state index in [0.717, 1.165) is 57.9 Å². The maximum absolute atomic E-state index is 14.1. The molecule has 7 nitrogen and oxygen atoms in total. The van der Waals surface area contributed by atoms with Gasteiger partial charge in [0.05, 0.1) is 17.2 Å². The van der Waals surface area contributed by atoms with Crippen LogP contribution in [0.5, 0.6) is 0 Å². The molecule has 282 valence electrons. The first-order valence-corrected chi connectivity index (χ1v) is 18.4. The lowest BCUT2D eigenvalue weighted by atomic mass is 9.88. The topological polar surface area (TPSA) is 66.4 Å². The fourth-order valence-corrected chi connectivity index (χ4v) is 7.28. The molecule has 2 fully saturated rings. The van der Waals surface area contributed by atoms with Crippen LogP contribution in [0.2, 0.25) is 0 Å². The van der Waals surface area contributed by atoms with Gasteiger partial charge in [-0.15, -0.1) is 0 Å². The third-order valence-electron chi connectivity index (χ3n) is 9.97. The number of benzene rings is 3. The molecule has 2 aliphatic rings. The van der Waals surface area contributed by atoms with Gasteiger partial charge in [0.25, 0.3) is 0 Å². The van der Waals surface area contributed by atoms with Crippen LogP contribution >= 0.6 is 0 Å². The molecule has 1 aliphatic heterocycles. The van der Waals surface area contributed by atoms with E-state index in [4.69, 9.17) is 9.47 Å². The maximum atomic E-state index is 14.1. The number of hydrogen-bond donors (Lipinski definition) is 1. The molecule has 0 bridgehead atoms. The highest BCUT2D eigenvalue weighted by molar-refractivity contribution is 5.91. The second-order valence-electron chi connectivity index (χ2n) is 13.8. The van der Waals surface area contributed by atoms with E-state index < -0.39 is 23.6 Å². The Labute approximate surface area is 311 Å². The van der Waals surface area contributed by atoms with Crippen molar-refractivity contribution in [2.75, 3.05) is 39.3 Å². The van der Waals surface area contributed by atoms with E-state index in [0.29, 0.717) is 23.8 Å². The van der Waals surface area contributed by atoms with Gasteiger partial charge >= 0.3 is 12.1 Å². The summed E-state index contributed by atoms with van der Waals surface area (Å²) in [6.07, 6.45) is 3.05. The molecule has 10 heteroatoms. The van der Waals surface area contributed by atoms with Gasteiger partial charge in [0.2, 0.25) is 5.88 Å². The van der Waals surface area contributed by atoms with Crippen LogP contribution in [0.15, 0.2) is 125 Å². The molecule has 53 heavy (non-hydrogen) atoms. The number of hydrogen-bond acceptors (Lipinski definition) is 7. The highest BCUT2D eigenvalue weighted by Crippen LogP contribution is 2.38. The van der Waals surface area contributed by atoms with E-state index in [1.54, 1.807) is 39.1 Å². The van der Waals surface area contributed by atoms with Gasteiger partial charge in [-0.1, -0.05) is 85.8 Å². The van der Waals surface area contributed by atoms with Crippen molar-refractivity contribution in [3.05, 3.63) is 143 Å². The van der Waals surface area contributed by atoms with E-state index in [1.807, 2.05) is 12.1 Å². The summed E-state index contributed by atoms with van der Waals surface area (Å²) < 4.78 is 53.9. The summed E-state index contributed by atoms with van der Waals surface area (Å²) in [7, 11) is 0. The Kier molecular flexibility index (Phi) is 14.1. The van der Waals surface area contributed by atoms with Gasteiger partial charge in [0, 0.05) is 56.3 Å². The van der Waals surface area contributed by atoms with Gasteiger partial charge in [-0.25, -0.2) is 9.79 Å². The number of aliphatic imine (C=N–C) groups is 1. The van der Waals surface area contributed by atoms with Gasteiger partial charge in [-0.05, 0) is 74.9 Å². The van der Waals surface area contributed by atoms with Gasteiger partial charge in [-0.3, -0.25) is 9.80 Å². The smallest absolute Gasteiger partial charge is 0.416 e. The van der Waals surface area contributed by atoms with Crippen LogP contribution < -0.4 is 5.32 Å². The molecule has 3 aromatic rings. The summed E-state index contributed by atoms with van der Waals surface area (Å²) in [5.74, 6) is -1.25. The first-order valence-electron chi connectivity index (χ1n) is 18.4. The molecular weight excluding hydrogens is 677 g/mol. The Morgan fingerprint density at radius 1 is 0.925 bits per heavy atom. The van der Waals surface area contributed by atoms with Crippen molar-refractivity contribution in [3.8, 4) is 0 Å². The number of carbonyl (C=O) groups is 1. The Morgan fingerprint density at radius 3 is 2.11 bits per heavy atom. The third kappa shape index (κ3) is 11.2. The van der Waals surface area contributed by atoms with Crippen molar-refractivity contribution < 1.29 is 27.4 Å². The Morgan fingerprint density at radius 2 is 1.51 bits per heavy atom. The predicted octanol–water partition coefficient (Wildman–Crippen LogP) is 9.03. The molecule has 1 heterocycles. The van der Waals surface area contributed by atoms with E-state index >= 15 is 0 Å². The minimum atomic E-state index is -4.58. The normalized spacial score (nSPS) is 17.5. The van der Waals surface area contributed by atoms with Crippen molar-refractivity contribution in [2.24, 2.45) is 4.99 Å². The van der Waals surface area contributed by atoms with Crippen molar-refractivity contribution >= 4 is 12.2 Å². The minimum absolute atomic E-state index is 0.000774. The van der Waals surface area contributed by atoms with E-state index in [-0.39, 0.29) is 29.9 Å². The summed E-state index contributed by atoms with van der Waals surface area (Å²) in [6.45, 7) is 12.8. The Hall–Kier alpha value is -4.67. The highest BCUT2D eigenvalue weighted by atomic mass is 19.4. The van der Waals surface area contributed by atoms with Crippen LogP contribution in [-0.2, 0) is 20.4 Å². The zero-order valence-electron chi connectivity index (χ0n) is 30.9. The Balaban J connectivity index is 1.25. The van der Waals surface area contributed by atoms with Crippen molar-refractivity contribution in [1.82, 2.24) is 15.1 Å². The van der Waals surface area contributed by atoms with Crippen molar-refractivity contribution in [3.63, 3.8) is 0 Å².